The first kappa shape index (κ1) is 31.1. The van der Waals surface area contributed by atoms with Gasteiger partial charge in [0.15, 0.2) is 5.82 Å². The summed E-state index contributed by atoms with van der Waals surface area (Å²) in [5.74, 6) is 2.97. The zero-order chi connectivity index (χ0) is 26.1. The van der Waals surface area contributed by atoms with Crippen molar-refractivity contribution in [2.45, 2.75) is 112 Å². The predicted molar refractivity (Wildman–Crippen MR) is 158 cm³/mol. The van der Waals surface area contributed by atoms with E-state index in [1.807, 2.05) is 27.0 Å². The van der Waals surface area contributed by atoms with Gasteiger partial charge < -0.3 is 5.32 Å². The third-order valence-corrected chi connectivity index (χ3v) is 7.74. The number of hydrogen-bond donors (Lipinski definition) is 1. The monoisotopic (exact) mass is 482 g/mol. The number of aliphatic imine (C=N–C) groups is 3. The van der Waals surface area contributed by atoms with Gasteiger partial charge in [0, 0.05) is 25.2 Å². The van der Waals surface area contributed by atoms with Gasteiger partial charge in [-0.2, -0.15) is 0 Å². The Bertz CT molecular complexity index is 771. The second kappa shape index (κ2) is 17.5. The van der Waals surface area contributed by atoms with Crippen molar-refractivity contribution in [2.24, 2.45) is 32.2 Å². The highest BCUT2D eigenvalue weighted by Gasteiger charge is 2.31. The Morgan fingerprint density at radius 1 is 1.17 bits per heavy atom. The van der Waals surface area contributed by atoms with Crippen LogP contribution in [-0.2, 0) is 0 Å². The van der Waals surface area contributed by atoms with Gasteiger partial charge in [-0.3, -0.25) is 4.99 Å². The molecule has 0 saturated heterocycles. The molecule has 0 aromatic rings. The second-order valence-corrected chi connectivity index (χ2v) is 10.0. The Kier molecular flexibility index (Phi) is 15.5. The lowest BCUT2D eigenvalue weighted by Gasteiger charge is -2.38. The minimum Gasteiger partial charge on any atom is -0.369 e. The van der Waals surface area contributed by atoms with E-state index in [4.69, 9.17) is 4.99 Å². The lowest BCUT2D eigenvalue weighted by Crippen LogP contribution is -2.30. The third kappa shape index (κ3) is 10.3. The average Bonchev–Trinajstić information content (AvgIpc) is 2.91. The molecule has 3 atom stereocenters. The first-order chi connectivity index (χ1) is 17.0. The van der Waals surface area contributed by atoms with E-state index >= 15 is 0 Å². The molecule has 2 heterocycles. The van der Waals surface area contributed by atoms with Crippen molar-refractivity contribution in [1.29, 1.82) is 0 Å². The molecule has 4 nitrogen and oxygen atoms in total. The number of unbranched alkanes of at least 4 members (excludes halogenated alkanes) is 1. The number of nitrogens with one attached hydrogen (secondary N) is 1. The Morgan fingerprint density at radius 3 is 2.51 bits per heavy atom. The summed E-state index contributed by atoms with van der Waals surface area (Å²) in [5, 5.41) is 3.34. The molecule has 0 aromatic carbocycles. The quantitative estimate of drug-likeness (QED) is 0.247. The standard InChI is InChI=1S/C29H48N4.C2H6/c1-7-10-21-29(4,9-3)25(12-8-2)13-11-14-26-19-18-24(28(31-6)33-26)17-15-23-16-20-27(30-5)32-22-23;1-2/h15-17,20,23,25H,6-14,18-19,21-22H2,1-5H3,(H,30,32);1-2H3/b17-15+;/t23-,25?,29?;/m1./s1. The van der Waals surface area contributed by atoms with Crippen LogP contribution in [0.3, 0.4) is 0 Å². The largest absolute Gasteiger partial charge is 0.369 e. The molecule has 2 unspecified atom stereocenters. The molecule has 35 heavy (non-hydrogen) atoms. The van der Waals surface area contributed by atoms with Crippen molar-refractivity contribution < 1.29 is 0 Å². The molecule has 2 aliphatic rings. The van der Waals surface area contributed by atoms with Crippen LogP contribution in [0.1, 0.15) is 112 Å². The molecule has 0 fully saturated rings. The van der Waals surface area contributed by atoms with E-state index in [-0.39, 0.29) is 0 Å². The van der Waals surface area contributed by atoms with Crippen molar-refractivity contribution >= 4 is 18.3 Å². The lowest BCUT2D eigenvalue weighted by molar-refractivity contribution is 0.134. The molecule has 0 saturated carbocycles. The van der Waals surface area contributed by atoms with Crippen LogP contribution in [0.5, 0.6) is 0 Å². The highest BCUT2D eigenvalue weighted by Crippen LogP contribution is 2.42. The highest BCUT2D eigenvalue weighted by molar-refractivity contribution is 5.93. The molecule has 0 bridgehead atoms. The third-order valence-electron chi connectivity index (χ3n) is 7.74. The lowest BCUT2D eigenvalue weighted by atomic mass is 9.68. The van der Waals surface area contributed by atoms with Crippen LogP contribution in [0.15, 0.2) is 50.7 Å². The van der Waals surface area contributed by atoms with Gasteiger partial charge in [0.2, 0.25) is 0 Å². The predicted octanol–water partition coefficient (Wildman–Crippen LogP) is 8.71. The van der Waals surface area contributed by atoms with E-state index in [0.29, 0.717) is 11.3 Å². The van der Waals surface area contributed by atoms with Crippen LogP contribution < -0.4 is 5.32 Å². The van der Waals surface area contributed by atoms with Crippen molar-refractivity contribution in [3.63, 3.8) is 0 Å². The zero-order valence-corrected chi connectivity index (χ0v) is 24.0. The van der Waals surface area contributed by atoms with Gasteiger partial charge in [-0.25, -0.2) is 9.98 Å². The van der Waals surface area contributed by atoms with Gasteiger partial charge in [-0.15, -0.1) is 0 Å². The zero-order valence-electron chi connectivity index (χ0n) is 24.0. The molecule has 1 N–H and O–H groups in total. The second-order valence-electron chi connectivity index (χ2n) is 10.0. The van der Waals surface area contributed by atoms with Crippen molar-refractivity contribution in [1.82, 2.24) is 5.32 Å². The van der Waals surface area contributed by atoms with E-state index in [2.05, 4.69) is 67.9 Å². The topological polar surface area (TPSA) is 49.1 Å². The first-order valence-electron chi connectivity index (χ1n) is 14.3. The Morgan fingerprint density at radius 2 is 1.94 bits per heavy atom. The van der Waals surface area contributed by atoms with E-state index in [0.717, 1.165) is 43.4 Å². The minimum atomic E-state index is 0.371. The minimum absolute atomic E-state index is 0.371. The van der Waals surface area contributed by atoms with Crippen molar-refractivity contribution in [3.8, 4) is 0 Å². The Labute approximate surface area is 217 Å². The van der Waals surface area contributed by atoms with Crippen LogP contribution >= 0.6 is 0 Å². The summed E-state index contributed by atoms with van der Waals surface area (Å²) in [6, 6.07) is 0. The van der Waals surface area contributed by atoms with Gasteiger partial charge in [0.25, 0.3) is 0 Å². The maximum Gasteiger partial charge on any atom is 0.154 e. The summed E-state index contributed by atoms with van der Waals surface area (Å²) < 4.78 is 0. The molecule has 0 aliphatic carbocycles. The average molecular weight is 483 g/mol. The van der Waals surface area contributed by atoms with Crippen molar-refractivity contribution in [2.75, 3.05) is 13.6 Å². The summed E-state index contributed by atoms with van der Waals surface area (Å²) in [7, 11) is 1.81. The van der Waals surface area contributed by atoms with Gasteiger partial charge in [0.05, 0.1) is 0 Å². The fraction of sp³-hybridized carbons (Fsp3) is 0.710. The summed E-state index contributed by atoms with van der Waals surface area (Å²) in [5.41, 5.74) is 3.00. The van der Waals surface area contributed by atoms with Gasteiger partial charge in [-0.05, 0) is 68.2 Å². The van der Waals surface area contributed by atoms with Crippen LogP contribution in [-0.4, -0.2) is 31.9 Å². The summed E-state index contributed by atoms with van der Waals surface area (Å²) >= 11 is 0. The first-order valence-corrected chi connectivity index (χ1v) is 14.3. The van der Waals surface area contributed by atoms with Crippen molar-refractivity contribution in [3.05, 3.63) is 35.7 Å². The fourth-order valence-electron chi connectivity index (χ4n) is 5.23. The molecular weight excluding hydrogens is 428 g/mol. The number of allylic oxidation sites excluding steroid dienone is 2. The summed E-state index contributed by atoms with van der Waals surface area (Å²) in [6.45, 7) is 18.3. The van der Waals surface area contributed by atoms with E-state index in [1.54, 1.807) is 0 Å². The van der Waals surface area contributed by atoms with Gasteiger partial charge in [-0.1, -0.05) is 91.9 Å². The Balaban J connectivity index is 0.00000298. The Hall–Kier alpha value is -1.97. The maximum atomic E-state index is 4.91. The number of amidine groups is 1. The molecule has 4 heteroatoms. The normalized spacial score (nSPS) is 21.7. The molecule has 2 aliphatic heterocycles. The highest BCUT2D eigenvalue weighted by atomic mass is 15.0. The number of rotatable bonds is 14. The molecule has 198 valence electrons. The molecular formula is C31H54N4. The van der Waals surface area contributed by atoms with Crippen LogP contribution in [0.4, 0.5) is 0 Å². The maximum absolute atomic E-state index is 4.91. The summed E-state index contributed by atoms with van der Waals surface area (Å²) in [6.07, 6.45) is 22.4. The molecule has 0 aromatic heterocycles. The molecule has 0 radical (unpaired) electrons. The molecule has 2 rings (SSSR count). The van der Waals surface area contributed by atoms with E-state index in [9.17, 15) is 0 Å². The van der Waals surface area contributed by atoms with Crippen LogP contribution in [0.2, 0.25) is 0 Å². The van der Waals surface area contributed by atoms with E-state index in [1.165, 1.54) is 62.7 Å². The molecule has 0 amide bonds. The number of nitrogens with zero attached hydrogens (tertiary/aromatic N) is 3. The van der Waals surface area contributed by atoms with Gasteiger partial charge in [0.1, 0.15) is 5.84 Å². The van der Waals surface area contributed by atoms with Gasteiger partial charge >= 0.3 is 0 Å². The smallest absolute Gasteiger partial charge is 0.154 e. The number of hydrogen-bond acceptors (Lipinski definition) is 3. The fourth-order valence-corrected chi connectivity index (χ4v) is 5.23. The molecule has 0 spiro atoms. The van der Waals surface area contributed by atoms with E-state index < -0.39 is 0 Å². The SMILES string of the molecule is C=NC1=C(/C=C/[C@@H]2C=CC(=NC)NC2)CCC(CCCC(CCC)C(C)(CC)CCCC)=N1.CC. The summed E-state index contributed by atoms with van der Waals surface area (Å²) in [4.78, 5) is 13.4. The van der Waals surface area contributed by atoms with Crippen LogP contribution in [0, 0.1) is 17.3 Å². The van der Waals surface area contributed by atoms with Crippen LogP contribution in [0.25, 0.3) is 0 Å².